The fourth-order valence-corrected chi connectivity index (χ4v) is 5.38. The van der Waals surface area contributed by atoms with Crippen molar-refractivity contribution in [3.8, 4) is 0 Å². The highest BCUT2D eigenvalue weighted by Gasteiger charge is 2.26. The third-order valence-electron chi connectivity index (χ3n) is 5.23. The second kappa shape index (κ2) is 8.75. The molecule has 1 fully saturated rings. The summed E-state index contributed by atoms with van der Waals surface area (Å²) in [6.07, 6.45) is 4.75. The Balaban J connectivity index is 1.45. The molecule has 1 saturated heterocycles. The van der Waals surface area contributed by atoms with Crippen LogP contribution in [0.3, 0.4) is 0 Å². The predicted octanol–water partition coefficient (Wildman–Crippen LogP) is 3.89. The lowest BCUT2D eigenvalue weighted by Gasteiger charge is -2.25. The van der Waals surface area contributed by atoms with Gasteiger partial charge in [-0.25, -0.2) is 13.4 Å². The summed E-state index contributed by atoms with van der Waals surface area (Å²) in [5, 5.41) is 3.38. The van der Waals surface area contributed by atoms with Crippen molar-refractivity contribution in [1.29, 1.82) is 0 Å². The highest BCUT2D eigenvalue weighted by Crippen LogP contribution is 2.24. The van der Waals surface area contributed by atoms with Gasteiger partial charge in [-0.3, -0.25) is 4.79 Å². The third-order valence-corrected chi connectivity index (χ3v) is 7.36. The normalized spacial score (nSPS) is 15.4. The first kappa shape index (κ1) is 20.8. The number of fused-ring (bicyclic) bond motifs is 1. The van der Waals surface area contributed by atoms with Crippen molar-refractivity contribution in [3.63, 3.8) is 0 Å². The zero-order chi connectivity index (χ0) is 21.1. The van der Waals surface area contributed by atoms with Crippen LogP contribution in [0.25, 0.3) is 11.0 Å². The molecule has 1 aliphatic rings. The minimum atomic E-state index is -3.50. The van der Waals surface area contributed by atoms with Crippen LogP contribution >= 0.6 is 11.6 Å². The Labute approximate surface area is 180 Å². The molecular formula is C21H23ClN4O3S. The van der Waals surface area contributed by atoms with Crippen LogP contribution in [0.5, 0.6) is 0 Å². The van der Waals surface area contributed by atoms with Crippen LogP contribution in [0.15, 0.2) is 53.7 Å². The summed E-state index contributed by atoms with van der Waals surface area (Å²) in [5.74, 6) is -0.136. The number of carbonyl (C=O) groups excluding carboxylic acids is 1. The van der Waals surface area contributed by atoms with E-state index >= 15 is 0 Å². The number of nitrogens with zero attached hydrogens (tertiary/aromatic N) is 3. The molecule has 2 heterocycles. The number of carbonyl (C=O) groups is 1. The number of imidazole rings is 1. The Hall–Kier alpha value is -2.42. The molecule has 0 saturated carbocycles. The van der Waals surface area contributed by atoms with E-state index in [0.717, 1.165) is 24.8 Å². The van der Waals surface area contributed by atoms with E-state index in [2.05, 4.69) is 10.3 Å². The SMILES string of the molecule is O=C(CCn1cnc2cc(S(=O)(=O)N3CCCCC3)ccc21)Nc1cccc(Cl)c1. The smallest absolute Gasteiger partial charge is 0.243 e. The number of hydrogen-bond donors (Lipinski definition) is 1. The highest BCUT2D eigenvalue weighted by molar-refractivity contribution is 7.89. The molecular weight excluding hydrogens is 424 g/mol. The van der Waals surface area contributed by atoms with Crippen LogP contribution < -0.4 is 5.32 Å². The molecule has 1 aliphatic heterocycles. The molecule has 0 spiro atoms. The van der Waals surface area contributed by atoms with Crippen molar-refractivity contribution in [2.75, 3.05) is 18.4 Å². The summed E-state index contributed by atoms with van der Waals surface area (Å²) in [6.45, 7) is 1.56. The van der Waals surface area contributed by atoms with Gasteiger partial charge in [0.05, 0.1) is 22.3 Å². The van der Waals surface area contributed by atoms with Crippen molar-refractivity contribution >= 4 is 44.3 Å². The number of halogens is 1. The fraction of sp³-hybridized carbons (Fsp3) is 0.333. The molecule has 1 N–H and O–H groups in total. The summed E-state index contributed by atoms with van der Waals surface area (Å²) in [5.41, 5.74) is 2.04. The second-order valence-electron chi connectivity index (χ2n) is 7.36. The topological polar surface area (TPSA) is 84.3 Å². The summed E-state index contributed by atoms with van der Waals surface area (Å²) >= 11 is 5.94. The van der Waals surface area contributed by atoms with Gasteiger partial charge in [-0.05, 0) is 49.2 Å². The van der Waals surface area contributed by atoms with Gasteiger partial charge in [0.2, 0.25) is 15.9 Å². The van der Waals surface area contributed by atoms with Crippen molar-refractivity contribution in [3.05, 3.63) is 53.8 Å². The zero-order valence-electron chi connectivity index (χ0n) is 16.4. The highest BCUT2D eigenvalue weighted by atomic mass is 35.5. The lowest BCUT2D eigenvalue weighted by Crippen LogP contribution is -2.35. The maximum Gasteiger partial charge on any atom is 0.243 e. The Morgan fingerprint density at radius 1 is 1.10 bits per heavy atom. The van der Waals surface area contributed by atoms with Crippen LogP contribution in [0.1, 0.15) is 25.7 Å². The average Bonchev–Trinajstić information content (AvgIpc) is 3.15. The maximum atomic E-state index is 12.9. The van der Waals surface area contributed by atoms with Gasteiger partial charge in [-0.15, -0.1) is 0 Å². The van der Waals surface area contributed by atoms with Crippen molar-refractivity contribution in [2.45, 2.75) is 37.1 Å². The van der Waals surface area contributed by atoms with Gasteiger partial charge >= 0.3 is 0 Å². The van der Waals surface area contributed by atoms with E-state index in [1.54, 1.807) is 53.1 Å². The standard InChI is InChI=1S/C21H23ClN4O3S/c22-16-5-4-6-17(13-16)24-21(27)9-12-25-15-23-19-14-18(7-8-20(19)25)30(28,29)26-10-2-1-3-11-26/h4-8,13-15H,1-3,9-12H2,(H,24,27). The quantitative estimate of drug-likeness (QED) is 0.622. The second-order valence-corrected chi connectivity index (χ2v) is 9.74. The molecule has 0 atom stereocenters. The van der Waals surface area contributed by atoms with Crippen LogP contribution in [-0.2, 0) is 21.4 Å². The Morgan fingerprint density at radius 2 is 1.90 bits per heavy atom. The number of rotatable bonds is 6. The average molecular weight is 447 g/mol. The molecule has 0 radical (unpaired) electrons. The first-order valence-corrected chi connectivity index (χ1v) is 11.8. The molecule has 0 unspecified atom stereocenters. The molecule has 30 heavy (non-hydrogen) atoms. The van der Waals surface area contributed by atoms with Gasteiger partial charge in [0.1, 0.15) is 0 Å². The number of aromatic nitrogens is 2. The molecule has 2 aromatic carbocycles. The first-order chi connectivity index (χ1) is 14.4. The molecule has 3 aromatic rings. The summed E-state index contributed by atoms with van der Waals surface area (Å²) in [4.78, 5) is 16.8. The number of hydrogen-bond acceptors (Lipinski definition) is 4. The molecule has 158 valence electrons. The minimum Gasteiger partial charge on any atom is -0.330 e. The molecule has 0 bridgehead atoms. The molecule has 7 nitrogen and oxygen atoms in total. The Morgan fingerprint density at radius 3 is 2.67 bits per heavy atom. The number of amides is 1. The number of anilines is 1. The Kier molecular flexibility index (Phi) is 6.08. The van der Waals surface area contributed by atoms with E-state index in [0.29, 0.717) is 35.9 Å². The van der Waals surface area contributed by atoms with Crippen molar-refractivity contribution in [1.82, 2.24) is 13.9 Å². The summed E-state index contributed by atoms with van der Waals surface area (Å²) in [6, 6.07) is 12.0. The summed E-state index contributed by atoms with van der Waals surface area (Å²) < 4.78 is 29.2. The number of piperidine rings is 1. The lowest BCUT2D eigenvalue weighted by atomic mass is 10.2. The van der Waals surface area contributed by atoms with Crippen LogP contribution in [0, 0.1) is 0 Å². The van der Waals surface area contributed by atoms with Crippen molar-refractivity contribution in [2.24, 2.45) is 0 Å². The minimum absolute atomic E-state index is 0.136. The number of nitrogens with one attached hydrogen (secondary N) is 1. The number of sulfonamides is 1. The zero-order valence-corrected chi connectivity index (χ0v) is 18.0. The van der Waals surface area contributed by atoms with Crippen molar-refractivity contribution < 1.29 is 13.2 Å². The van der Waals surface area contributed by atoms with Gasteiger partial charge in [0, 0.05) is 36.8 Å². The lowest BCUT2D eigenvalue weighted by molar-refractivity contribution is -0.116. The van der Waals surface area contributed by atoms with Crippen LogP contribution in [0.4, 0.5) is 5.69 Å². The van der Waals surface area contributed by atoms with E-state index in [-0.39, 0.29) is 17.2 Å². The number of benzene rings is 2. The largest absolute Gasteiger partial charge is 0.330 e. The van der Waals surface area contributed by atoms with Crippen LogP contribution in [0.2, 0.25) is 5.02 Å². The molecule has 9 heteroatoms. The van der Waals surface area contributed by atoms with Gasteiger partial charge in [-0.1, -0.05) is 24.1 Å². The molecule has 1 aromatic heterocycles. The molecule has 4 rings (SSSR count). The predicted molar refractivity (Wildman–Crippen MR) is 117 cm³/mol. The van der Waals surface area contributed by atoms with Gasteiger partial charge in [0.15, 0.2) is 0 Å². The van der Waals surface area contributed by atoms with E-state index in [1.807, 2.05) is 4.57 Å². The van der Waals surface area contributed by atoms with E-state index < -0.39 is 10.0 Å². The third kappa shape index (κ3) is 4.50. The fourth-order valence-electron chi connectivity index (χ4n) is 3.65. The first-order valence-electron chi connectivity index (χ1n) is 9.94. The molecule has 1 amide bonds. The van der Waals surface area contributed by atoms with Crippen LogP contribution in [-0.4, -0.2) is 41.3 Å². The van der Waals surface area contributed by atoms with E-state index in [1.165, 1.54) is 0 Å². The monoisotopic (exact) mass is 446 g/mol. The molecule has 0 aliphatic carbocycles. The van der Waals surface area contributed by atoms with Gasteiger partial charge in [0.25, 0.3) is 0 Å². The van der Waals surface area contributed by atoms with E-state index in [4.69, 9.17) is 11.6 Å². The van der Waals surface area contributed by atoms with E-state index in [9.17, 15) is 13.2 Å². The number of aryl methyl sites for hydroxylation is 1. The van der Waals surface area contributed by atoms with Gasteiger partial charge < -0.3 is 9.88 Å². The Bertz CT molecular complexity index is 1170. The maximum absolute atomic E-state index is 12.9. The summed E-state index contributed by atoms with van der Waals surface area (Å²) in [7, 11) is -3.50. The van der Waals surface area contributed by atoms with Gasteiger partial charge in [-0.2, -0.15) is 4.31 Å².